The molecule has 0 saturated heterocycles. The second kappa shape index (κ2) is 4.73. The lowest BCUT2D eigenvalue weighted by atomic mass is 10.1. The maximum absolute atomic E-state index is 5.36. The van der Waals surface area contributed by atoms with Crippen LogP contribution in [0.5, 0.6) is 0 Å². The van der Waals surface area contributed by atoms with Gasteiger partial charge in [0.2, 0.25) is 0 Å². The lowest BCUT2D eigenvalue weighted by Crippen LogP contribution is -2.16. The van der Waals surface area contributed by atoms with E-state index in [0.29, 0.717) is 0 Å². The third-order valence-electron chi connectivity index (χ3n) is 2.66. The number of thiophene rings is 1. The minimum absolute atomic E-state index is 0.216. The summed E-state index contributed by atoms with van der Waals surface area (Å²) in [6, 6.07) is 4.45. The van der Waals surface area contributed by atoms with Crippen molar-refractivity contribution in [3.05, 3.63) is 43.9 Å². The Bertz CT molecular complexity index is 469. The van der Waals surface area contributed by atoms with Crippen LogP contribution in [0.15, 0.2) is 26.6 Å². The van der Waals surface area contributed by atoms with Gasteiger partial charge in [0.15, 0.2) is 0 Å². The van der Waals surface area contributed by atoms with Crippen LogP contribution in [0.2, 0.25) is 0 Å². The van der Waals surface area contributed by atoms with E-state index >= 15 is 0 Å². The molecule has 2 heterocycles. The van der Waals surface area contributed by atoms with Gasteiger partial charge in [0.1, 0.15) is 5.76 Å². The zero-order valence-electron chi connectivity index (χ0n) is 9.50. The summed E-state index contributed by atoms with van der Waals surface area (Å²) in [6.07, 6.45) is 1.74. The predicted octanol–water partition coefficient (Wildman–Crippen LogP) is 4.03. The Morgan fingerprint density at radius 1 is 1.44 bits per heavy atom. The van der Waals surface area contributed by atoms with Gasteiger partial charge in [-0.15, -0.1) is 11.3 Å². The van der Waals surface area contributed by atoms with Crippen LogP contribution in [0.3, 0.4) is 0 Å². The first-order chi connectivity index (χ1) is 7.63. The summed E-state index contributed by atoms with van der Waals surface area (Å²) in [7, 11) is 1.97. The maximum Gasteiger partial charge on any atom is 0.105 e. The molecule has 86 valence electrons. The highest BCUT2D eigenvalue weighted by atomic mass is 79.9. The van der Waals surface area contributed by atoms with Gasteiger partial charge in [-0.05, 0) is 54.5 Å². The van der Waals surface area contributed by atoms with E-state index in [2.05, 4.69) is 34.2 Å². The summed E-state index contributed by atoms with van der Waals surface area (Å²) in [6.45, 7) is 4.11. The Morgan fingerprint density at radius 2 is 2.19 bits per heavy atom. The van der Waals surface area contributed by atoms with Crippen molar-refractivity contribution in [2.75, 3.05) is 7.05 Å². The van der Waals surface area contributed by atoms with E-state index in [1.807, 2.05) is 20.0 Å². The van der Waals surface area contributed by atoms with Gasteiger partial charge in [0.05, 0.1) is 16.1 Å². The molecule has 1 atom stereocenters. The third kappa shape index (κ3) is 2.10. The molecule has 0 amide bonds. The van der Waals surface area contributed by atoms with E-state index in [1.54, 1.807) is 17.6 Å². The average molecular weight is 300 g/mol. The number of hydrogen-bond donors (Lipinski definition) is 1. The molecule has 0 saturated carbocycles. The third-order valence-corrected chi connectivity index (χ3v) is 4.86. The molecule has 1 N–H and O–H groups in total. The highest BCUT2D eigenvalue weighted by Gasteiger charge is 2.18. The first-order valence-corrected chi connectivity index (χ1v) is 6.71. The molecule has 2 nitrogen and oxygen atoms in total. The van der Waals surface area contributed by atoms with Gasteiger partial charge >= 0.3 is 0 Å². The number of nitrogens with one attached hydrogen (secondary N) is 1. The molecule has 0 aliphatic rings. The number of aryl methyl sites for hydroxylation is 2. The number of halogens is 1. The van der Waals surface area contributed by atoms with Gasteiger partial charge in [0, 0.05) is 10.4 Å². The van der Waals surface area contributed by atoms with Crippen molar-refractivity contribution in [1.29, 1.82) is 0 Å². The molecular weight excluding hydrogens is 286 g/mol. The molecular formula is C12H14BrNOS. The van der Waals surface area contributed by atoms with Gasteiger partial charge in [-0.3, -0.25) is 0 Å². The second-order valence-corrected chi connectivity index (χ2v) is 6.16. The SMILES string of the molecule is CNC(c1cc(C)c(Br)s1)c1ccoc1C. The second-order valence-electron chi connectivity index (χ2n) is 3.76. The van der Waals surface area contributed by atoms with E-state index in [4.69, 9.17) is 4.42 Å². The molecule has 0 aromatic carbocycles. The fourth-order valence-corrected chi connectivity index (χ4v) is 3.47. The van der Waals surface area contributed by atoms with E-state index < -0.39 is 0 Å². The summed E-state index contributed by atoms with van der Waals surface area (Å²) < 4.78 is 6.56. The van der Waals surface area contributed by atoms with E-state index in [-0.39, 0.29) is 6.04 Å². The molecule has 0 bridgehead atoms. The maximum atomic E-state index is 5.36. The van der Waals surface area contributed by atoms with Crippen molar-refractivity contribution in [2.24, 2.45) is 0 Å². The monoisotopic (exact) mass is 299 g/mol. The molecule has 2 aromatic heterocycles. The van der Waals surface area contributed by atoms with Crippen LogP contribution >= 0.6 is 27.3 Å². The minimum Gasteiger partial charge on any atom is -0.469 e. The molecule has 0 fully saturated rings. The van der Waals surface area contributed by atoms with Gasteiger partial charge in [-0.2, -0.15) is 0 Å². The van der Waals surface area contributed by atoms with E-state index in [0.717, 1.165) is 5.76 Å². The molecule has 16 heavy (non-hydrogen) atoms. The highest BCUT2D eigenvalue weighted by Crippen LogP contribution is 2.35. The van der Waals surface area contributed by atoms with Crippen LogP contribution in [0, 0.1) is 13.8 Å². The van der Waals surface area contributed by atoms with Crippen LogP contribution in [0.4, 0.5) is 0 Å². The minimum atomic E-state index is 0.216. The lowest BCUT2D eigenvalue weighted by molar-refractivity contribution is 0.524. The number of furan rings is 1. The smallest absolute Gasteiger partial charge is 0.105 e. The Balaban J connectivity index is 2.40. The summed E-state index contributed by atoms with van der Waals surface area (Å²) in [5, 5.41) is 3.33. The van der Waals surface area contributed by atoms with Crippen molar-refractivity contribution in [1.82, 2.24) is 5.32 Å². The molecule has 0 spiro atoms. The lowest BCUT2D eigenvalue weighted by Gasteiger charge is -2.13. The highest BCUT2D eigenvalue weighted by molar-refractivity contribution is 9.11. The molecule has 4 heteroatoms. The van der Waals surface area contributed by atoms with Crippen molar-refractivity contribution >= 4 is 27.3 Å². The van der Waals surface area contributed by atoms with Crippen molar-refractivity contribution in [3.63, 3.8) is 0 Å². The Morgan fingerprint density at radius 3 is 2.62 bits per heavy atom. The topological polar surface area (TPSA) is 25.2 Å². The Labute approximate surface area is 108 Å². The summed E-state index contributed by atoms with van der Waals surface area (Å²) in [4.78, 5) is 1.30. The largest absolute Gasteiger partial charge is 0.469 e. The fourth-order valence-electron chi connectivity index (χ4n) is 1.77. The van der Waals surface area contributed by atoms with Crippen LogP contribution < -0.4 is 5.32 Å². The molecule has 0 aliphatic heterocycles. The first kappa shape index (κ1) is 11.9. The van der Waals surface area contributed by atoms with Gasteiger partial charge in [0.25, 0.3) is 0 Å². The number of hydrogen-bond acceptors (Lipinski definition) is 3. The fraction of sp³-hybridized carbons (Fsp3) is 0.333. The number of rotatable bonds is 3. The summed E-state index contributed by atoms with van der Waals surface area (Å²) in [5.41, 5.74) is 2.48. The summed E-state index contributed by atoms with van der Waals surface area (Å²) >= 11 is 5.33. The van der Waals surface area contributed by atoms with Gasteiger partial charge < -0.3 is 9.73 Å². The quantitative estimate of drug-likeness (QED) is 0.926. The summed E-state index contributed by atoms with van der Waals surface area (Å²) in [5.74, 6) is 0.974. The molecule has 0 radical (unpaired) electrons. The van der Waals surface area contributed by atoms with Crippen molar-refractivity contribution in [3.8, 4) is 0 Å². The van der Waals surface area contributed by atoms with E-state index in [9.17, 15) is 0 Å². The van der Waals surface area contributed by atoms with Crippen LogP contribution in [-0.2, 0) is 0 Å². The molecule has 0 aliphatic carbocycles. The van der Waals surface area contributed by atoms with Crippen molar-refractivity contribution in [2.45, 2.75) is 19.9 Å². The molecule has 1 unspecified atom stereocenters. The van der Waals surface area contributed by atoms with Crippen LogP contribution in [0.25, 0.3) is 0 Å². The zero-order valence-corrected chi connectivity index (χ0v) is 11.9. The zero-order chi connectivity index (χ0) is 11.7. The first-order valence-electron chi connectivity index (χ1n) is 5.10. The predicted molar refractivity (Wildman–Crippen MR) is 71.1 cm³/mol. The normalized spacial score (nSPS) is 13.0. The Kier molecular flexibility index (Phi) is 3.52. The standard InChI is InChI=1S/C12H14BrNOS/c1-7-6-10(16-12(7)13)11(14-3)9-4-5-15-8(9)2/h4-6,11,14H,1-3H3. The Hall–Kier alpha value is -0.580. The van der Waals surface area contributed by atoms with Crippen LogP contribution in [-0.4, -0.2) is 7.05 Å². The molecule has 2 aromatic rings. The average Bonchev–Trinajstić information content (AvgIpc) is 2.78. The van der Waals surface area contributed by atoms with E-state index in [1.165, 1.54) is 19.8 Å². The van der Waals surface area contributed by atoms with Crippen molar-refractivity contribution < 1.29 is 4.42 Å². The molecule has 2 rings (SSSR count). The van der Waals surface area contributed by atoms with Crippen LogP contribution in [0.1, 0.15) is 27.8 Å². The van der Waals surface area contributed by atoms with Gasteiger partial charge in [-0.25, -0.2) is 0 Å². The van der Waals surface area contributed by atoms with Gasteiger partial charge in [-0.1, -0.05) is 0 Å².